The summed E-state index contributed by atoms with van der Waals surface area (Å²) in [7, 11) is 0. The number of nitrogens with one attached hydrogen (secondary N) is 1. The number of amides is 1. The number of ether oxygens (including phenoxy) is 5. The molecule has 2 aromatic carbocycles. The number of alkyl carbamates (subject to hydrolysis) is 1. The van der Waals surface area contributed by atoms with E-state index in [-0.39, 0.29) is 29.7 Å². The van der Waals surface area contributed by atoms with Crippen molar-refractivity contribution in [3.05, 3.63) is 82.9 Å². The average Bonchev–Trinajstić information content (AvgIpc) is 3.14. The Morgan fingerprint density at radius 2 is 1.55 bits per heavy atom. The second kappa shape index (κ2) is 15.2. The monoisotopic (exact) mass is 807 g/mol. The number of fused-ring (bicyclic) bond motifs is 5. The summed E-state index contributed by atoms with van der Waals surface area (Å²) < 4.78 is 29.5. The van der Waals surface area contributed by atoms with E-state index in [2.05, 4.69) is 5.32 Å². The van der Waals surface area contributed by atoms with Gasteiger partial charge in [0.1, 0.15) is 35.6 Å². The van der Waals surface area contributed by atoms with Crippen LogP contribution in [0.3, 0.4) is 0 Å². The van der Waals surface area contributed by atoms with E-state index in [1.165, 1.54) is 26.0 Å². The lowest BCUT2D eigenvalue weighted by atomic mass is 9.44. The summed E-state index contributed by atoms with van der Waals surface area (Å²) in [5.74, 6) is -5.36. The van der Waals surface area contributed by atoms with Gasteiger partial charge in [-0.25, -0.2) is 14.4 Å². The van der Waals surface area contributed by atoms with Gasteiger partial charge in [0.2, 0.25) is 0 Å². The van der Waals surface area contributed by atoms with Crippen LogP contribution in [0.25, 0.3) is 0 Å². The topological polar surface area (TPSA) is 224 Å². The minimum Gasteiger partial charge on any atom is -0.456 e. The van der Waals surface area contributed by atoms with Gasteiger partial charge < -0.3 is 49.4 Å². The molecule has 3 unspecified atom stereocenters. The quantitative estimate of drug-likeness (QED) is 0.147. The van der Waals surface area contributed by atoms with E-state index in [1.807, 2.05) is 0 Å². The molecule has 15 heteroatoms. The molecule has 4 aliphatic rings. The maximum Gasteiger partial charge on any atom is 0.408 e. The number of carbonyl (C=O) groups excluding carboxylic acids is 5. The van der Waals surface area contributed by atoms with Crippen molar-refractivity contribution < 1.29 is 68.1 Å². The largest absolute Gasteiger partial charge is 0.456 e. The minimum atomic E-state index is -2.35. The maximum atomic E-state index is 14.9. The van der Waals surface area contributed by atoms with Gasteiger partial charge in [-0.1, -0.05) is 62.4 Å². The molecule has 11 atom stereocenters. The first-order chi connectivity index (χ1) is 27.0. The number of ketones is 1. The average molecular weight is 808 g/mol. The van der Waals surface area contributed by atoms with Gasteiger partial charge in [-0.2, -0.15) is 0 Å². The van der Waals surface area contributed by atoms with Crippen LogP contribution in [0.2, 0.25) is 0 Å². The molecule has 2 aromatic rings. The Kier molecular flexibility index (Phi) is 11.2. The Labute approximate surface area is 336 Å². The van der Waals surface area contributed by atoms with Crippen LogP contribution in [-0.4, -0.2) is 110 Å². The third kappa shape index (κ3) is 7.10. The van der Waals surface area contributed by atoms with Crippen molar-refractivity contribution in [3.8, 4) is 0 Å². The van der Waals surface area contributed by atoms with Crippen molar-refractivity contribution in [3.63, 3.8) is 0 Å². The number of Topliss-reactive ketones (excluding diaryl/α,β-unsaturated/α-hetero) is 1. The molecule has 6 rings (SSSR count). The van der Waals surface area contributed by atoms with Gasteiger partial charge >= 0.3 is 24.0 Å². The molecular formula is C43H53NO14. The van der Waals surface area contributed by atoms with E-state index < -0.39 is 112 Å². The molecule has 3 aliphatic carbocycles. The van der Waals surface area contributed by atoms with Crippen LogP contribution in [0.1, 0.15) is 90.2 Å². The molecule has 1 amide bonds. The molecule has 1 aliphatic heterocycles. The first-order valence-corrected chi connectivity index (χ1v) is 19.3. The normalized spacial score (nSPS) is 33.7. The van der Waals surface area contributed by atoms with Crippen LogP contribution in [0, 0.1) is 16.7 Å². The number of hydrogen-bond acceptors (Lipinski definition) is 14. The molecule has 0 aromatic heterocycles. The van der Waals surface area contributed by atoms with Gasteiger partial charge in [0.05, 0.1) is 35.6 Å². The first-order valence-electron chi connectivity index (χ1n) is 19.3. The summed E-state index contributed by atoms with van der Waals surface area (Å²) >= 11 is 0. The third-order valence-electron chi connectivity index (χ3n) is 12.6. The van der Waals surface area contributed by atoms with Crippen LogP contribution < -0.4 is 5.32 Å². The SMILES string of the molecule is CC(=O)O[C@@]12CO[C@@H]1C[C@H](O)[C@@]1(C)C(=O)[C@H](O)C3=C(C)C(OC(=O)C(O)[C@@H](NC(=O)OC(C)(C)C)c4ccccc4)C[C@@](O)(C(OC(=O)c4ccccc4)[C@H]21)C3(C)C. The number of benzene rings is 2. The van der Waals surface area contributed by atoms with E-state index >= 15 is 0 Å². The molecule has 0 radical (unpaired) electrons. The molecule has 314 valence electrons. The second-order valence-corrected chi connectivity index (χ2v) is 17.6. The summed E-state index contributed by atoms with van der Waals surface area (Å²) in [4.78, 5) is 68.9. The molecule has 2 saturated carbocycles. The van der Waals surface area contributed by atoms with Crippen molar-refractivity contribution in [1.29, 1.82) is 0 Å². The maximum absolute atomic E-state index is 14.9. The van der Waals surface area contributed by atoms with E-state index in [0.717, 1.165) is 6.92 Å². The molecule has 0 spiro atoms. The molecule has 2 bridgehead atoms. The van der Waals surface area contributed by atoms with Crippen LogP contribution >= 0.6 is 0 Å². The Hall–Kier alpha value is -4.67. The fraction of sp³-hybridized carbons (Fsp3) is 0.558. The van der Waals surface area contributed by atoms with Crippen molar-refractivity contribution >= 4 is 29.8 Å². The van der Waals surface area contributed by atoms with Gasteiger partial charge in [0, 0.05) is 25.2 Å². The number of esters is 3. The predicted octanol–water partition coefficient (Wildman–Crippen LogP) is 3.26. The summed E-state index contributed by atoms with van der Waals surface area (Å²) in [6.07, 6.45) is -11.5. The Bertz CT molecular complexity index is 1980. The molecule has 5 N–H and O–H groups in total. The Morgan fingerprint density at radius 3 is 2.10 bits per heavy atom. The lowest BCUT2D eigenvalue weighted by Crippen LogP contribution is -2.81. The zero-order chi connectivity index (χ0) is 42.7. The zero-order valence-corrected chi connectivity index (χ0v) is 33.9. The fourth-order valence-corrected chi connectivity index (χ4v) is 9.56. The molecule has 15 nitrogen and oxygen atoms in total. The fourth-order valence-electron chi connectivity index (χ4n) is 9.56. The summed E-state index contributed by atoms with van der Waals surface area (Å²) in [5.41, 5.74) is -8.14. The second-order valence-electron chi connectivity index (χ2n) is 17.6. The highest BCUT2D eigenvalue weighted by atomic mass is 16.6. The Morgan fingerprint density at radius 1 is 0.948 bits per heavy atom. The van der Waals surface area contributed by atoms with Crippen LogP contribution in [-0.2, 0) is 38.1 Å². The molecular weight excluding hydrogens is 754 g/mol. The highest BCUT2D eigenvalue weighted by Gasteiger charge is 2.78. The number of carbonyl (C=O) groups is 5. The van der Waals surface area contributed by atoms with Gasteiger partial charge in [-0.05, 0) is 63.5 Å². The van der Waals surface area contributed by atoms with Crippen molar-refractivity contribution in [2.45, 2.75) is 128 Å². The summed E-state index contributed by atoms with van der Waals surface area (Å²) in [6.45, 7) is 11.8. The van der Waals surface area contributed by atoms with Gasteiger partial charge in [-0.15, -0.1) is 0 Å². The number of hydrogen-bond donors (Lipinski definition) is 5. The highest BCUT2D eigenvalue weighted by Crippen LogP contribution is 2.64. The smallest absolute Gasteiger partial charge is 0.408 e. The van der Waals surface area contributed by atoms with Gasteiger partial charge in [-0.3, -0.25) is 9.59 Å². The molecule has 1 heterocycles. The van der Waals surface area contributed by atoms with Crippen molar-refractivity contribution in [2.24, 2.45) is 16.7 Å². The molecule has 58 heavy (non-hydrogen) atoms. The molecule has 3 fully saturated rings. The zero-order valence-electron chi connectivity index (χ0n) is 33.9. The van der Waals surface area contributed by atoms with Crippen LogP contribution in [0.4, 0.5) is 4.79 Å². The van der Waals surface area contributed by atoms with E-state index in [4.69, 9.17) is 23.7 Å². The highest BCUT2D eigenvalue weighted by molar-refractivity contribution is 5.94. The van der Waals surface area contributed by atoms with E-state index in [9.17, 15) is 44.4 Å². The Balaban J connectivity index is 1.49. The van der Waals surface area contributed by atoms with Gasteiger partial charge in [0.15, 0.2) is 17.5 Å². The standard InChI is InChI=1S/C43H53NO14/c1-22-26(55-37(51)32(48)30(24-15-11-9-12-16-24)44-38(52)58-39(3,4)5)20-43(53)35(56-36(50)25-17-13-10-14-18-25)33-41(8,34(49)31(47)29(22)40(43,6)7)27(46)19-28-42(33,21-54-28)57-23(2)45/h9-18,26-28,30-33,35,46-48,53H,19-21H2,1-8H3,(H,44,52)/t26?,27-,28+,30-,31+,32?,33-,35?,41+,42-,43+/m0/s1. The third-order valence-corrected chi connectivity index (χ3v) is 12.6. The lowest BCUT2D eigenvalue weighted by molar-refractivity contribution is -0.346. The van der Waals surface area contributed by atoms with Crippen molar-refractivity contribution in [1.82, 2.24) is 5.32 Å². The number of aliphatic hydroxyl groups is 4. The van der Waals surface area contributed by atoms with E-state index in [0.29, 0.717) is 5.56 Å². The predicted molar refractivity (Wildman–Crippen MR) is 204 cm³/mol. The summed E-state index contributed by atoms with van der Waals surface area (Å²) in [6, 6.07) is 14.6. The van der Waals surface area contributed by atoms with E-state index in [1.54, 1.807) is 83.1 Å². The number of rotatable bonds is 8. The number of aliphatic hydroxyl groups excluding tert-OH is 3. The molecule has 1 saturated heterocycles. The first kappa shape index (κ1) is 42.9. The van der Waals surface area contributed by atoms with Crippen LogP contribution in [0.5, 0.6) is 0 Å². The van der Waals surface area contributed by atoms with Crippen LogP contribution in [0.15, 0.2) is 71.8 Å². The van der Waals surface area contributed by atoms with Crippen molar-refractivity contribution in [2.75, 3.05) is 6.61 Å². The lowest BCUT2D eigenvalue weighted by Gasteiger charge is -2.67. The minimum absolute atomic E-state index is 0.0637. The van der Waals surface area contributed by atoms with Gasteiger partial charge in [0.25, 0.3) is 0 Å². The summed E-state index contributed by atoms with van der Waals surface area (Å²) in [5, 5.41) is 51.6.